The zero-order valence-electron chi connectivity index (χ0n) is 17.0. The number of aliphatic hydroxyl groups excluding tert-OH is 1. The zero-order chi connectivity index (χ0) is 21.9. The standard InChI is InChI=1S/C22H27BrF2N2O3/c1-14-10-22(27-2,20(28)12-29-11-15-6-4-3-5-7-15)21(26,13-30-14)16-8-17(23)19(25)9-18(16)24/h3-9,14,20,27-28H,10-13,26H2,1-2H3. The van der Waals surface area contributed by atoms with Crippen LogP contribution in [0.4, 0.5) is 8.78 Å². The number of aliphatic hydroxyl groups is 1. The monoisotopic (exact) mass is 484 g/mol. The van der Waals surface area contributed by atoms with Crippen molar-refractivity contribution < 1.29 is 23.4 Å². The molecule has 164 valence electrons. The molecule has 0 saturated carbocycles. The molecule has 2 aromatic rings. The van der Waals surface area contributed by atoms with Crippen molar-refractivity contribution >= 4 is 15.9 Å². The van der Waals surface area contributed by atoms with Crippen molar-refractivity contribution in [3.05, 3.63) is 69.7 Å². The molecule has 3 rings (SSSR count). The fourth-order valence-electron chi connectivity index (χ4n) is 4.21. The number of likely N-dealkylation sites (N-methyl/N-ethyl adjacent to an activating group) is 1. The van der Waals surface area contributed by atoms with Gasteiger partial charge in [0.15, 0.2) is 0 Å². The summed E-state index contributed by atoms with van der Waals surface area (Å²) in [6.45, 7) is 2.10. The van der Waals surface area contributed by atoms with E-state index in [1.54, 1.807) is 7.05 Å². The summed E-state index contributed by atoms with van der Waals surface area (Å²) in [5.41, 5.74) is 5.14. The van der Waals surface area contributed by atoms with Gasteiger partial charge >= 0.3 is 0 Å². The number of halogens is 3. The summed E-state index contributed by atoms with van der Waals surface area (Å²) in [6, 6.07) is 11.7. The molecule has 0 aliphatic carbocycles. The molecule has 0 bridgehead atoms. The van der Waals surface area contributed by atoms with E-state index in [1.807, 2.05) is 37.3 Å². The van der Waals surface area contributed by atoms with E-state index in [-0.39, 0.29) is 29.4 Å². The van der Waals surface area contributed by atoms with Gasteiger partial charge in [0.2, 0.25) is 0 Å². The van der Waals surface area contributed by atoms with E-state index in [4.69, 9.17) is 15.2 Å². The lowest BCUT2D eigenvalue weighted by molar-refractivity contribution is -0.135. The van der Waals surface area contributed by atoms with Crippen LogP contribution in [-0.2, 0) is 21.6 Å². The van der Waals surface area contributed by atoms with Gasteiger partial charge in [0.05, 0.1) is 47.6 Å². The normalized spacial score (nSPS) is 27.8. The maximum atomic E-state index is 14.8. The number of hydrogen-bond donors (Lipinski definition) is 3. The number of nitrogens with two attached hydrogens (primary N) is 1. The molecule has 5 nitrogen and oxygen atoms in total. The van der Waals surface area contributed by atoms with Gasteiger partial charge in [-0.1, -0.05) is 30.3 Å². The highest BCUT2D eigenvalue weighted by Crippen LogP contribution is 2.43. The fraction of sp³-hybridized carbons (Fsp3) is 0.455. The third-order valence-corrected chi connectivity index (χ3v) is 6.50. The van der Waals surface area contributed by atoms with Crippen molar-refractivity contribution in [1.29, 1.82) is 0 Å². The molecule has 1 heterocycles. The molecular formula is C22H27BrF2N2O3. The van der Waals surface area contributed by atoms with Crippen molar-refractivity contribution in [3.8, 4) is 0 Å². The van der Waals surface area contributed by atoms with Gasteiger partial charge in [0.25, 0.3) is 0 Å². The zero-order valence-corrected chi connectivity index (χ0v) is 18.6. The summed E-state index contributed by atoms with van der Waals surface area (Å²) in [7, 11) is 1.66. The molecular weight excluding hydrogens is 458 g/mol. The van der Waals surface area contributed by atoms with Gasteiger partial charge in [-0.05, 0) is 48.0 Å². The van der Waals surface area contributed by atoms with E-state index in [2.05, 4.69) is 21.2 Å². The predicted molar refractivity (Wildman–Crippen MR) is 114 cm³/mol. The van der Waals surface area contributed by atoms with Crippen LogP contribution in [0.25, 0.3) is 0 Å². The van der Waals surface area contributed by atoms with Crippen molar-refractivity contribution in [1.82, 2.24) is 5.32 Å². The molecule has 1 aliphatic rings. The first-order valence-corrected chi connectivity index (χ1v) is 10.6. The van der Waals surface area contributed by atoms with Crippen LogP contribution in [-0.4, -0.2) is 43.1 Å². The third-order valence-electron chi connectivity index (χ3n) is 5.89. The second-order valence-corrected chi connectivity index (χ2v) is 8.64. The smallest absolute Gasteiger partial charge is 0.140 e. The molecule has 4 atom stereocenters. The second-order valence-electron chi connectivity index (χ2n) is 7.78. The van der Waals surface area contributed by atoms with Crippen LogP contribution < -0.4 is 11.1 Å². The van der Waals surface area contributed by atoms with E-state index < -0.39 is 28.8 Å². The molecule has 30 heavy (non-hydrogen) atoms. The van der Waals surface area contributed by atoms with Gasteiger partial charge in [-0.2, -0.15) is 0 Å². The Labute approximate surface area is 183 Å². The molecule has 4 N–H and O–H groups in total. The predicted octanol–water partition coefficient (Wildman–Crippen LogP) is 3.23. The van der Waals surface area contributed by atoms with Crippen molar-refractivity contribution in [3.63, 3.8) is 0 Å². The molecule has 0 aromatic heterocycles. The Morgan fingerprint density at radius 2 is 2.00 bits per heavy atom. The molecule has 1 fully saturated rings. The maximum Gasteiger partial charge on any atom is 0.140 e. The summed E-state index contributed by atoms with van der Waals surface area (Å²) in [5.74, 6) is -1.53. The van der Waals surface area contributed by atoms with Gasteiger partial charge in [-0.25, -0.2) is 8.78 Å². The van der Waals surface area contributed by atoms with E-state index in [1.165, 1.54) is 6.07 Å². The van der Waals surface area contributed by atoms with Crippen LogP contribution in [0.3, 0.4) is 0 Å². The molecule has 2 aromatic carbocycles. The molecule has 1 aliphatic heterocycles. The van der Waals surface area contributed by atoms with E-state index in [0.717, 1.165) is 11.6 Å². The fourth-order valence-corrected chi connectivity index (χ4v) is 4.55. The van der Waals surface area contributed by atoms with Crippen LogP contribution in [0.15, 0.2) is 46.9 Å². The Hall–Kier alpha value is -1.42. The second kappa shape index (κ2) is 9.38. The molecule has 0 amide bonds. The van der Waals surface area contributed by atoms with Crippen LogP contribution in [0.1, 0.15) is 24.5 Å². The highest BCUT2D eigenvalue weighted by atomic mass is 79.9. The Morgan fingerprint density at radius 3 is 2.67 bits per heavy atom. The number of ether oxygens (including phenoxy) is 2. The van der Waals surface area contributed by atoms with Crippen LogP contribution in [0.5, 0.6) is 0 Å². The highest BCUT2D eigenvalue weighted by Gasteiger charge is 2.58. The highest BCUT2D eigenvalue weighted by molar-refractivity contribution is 9.10. The molecule has 4 unspecified atom stereocenters. The Kier molecular flexibility index (Phi) is 7.27. The third kappa shape index (κ3) is 4.30. The Morgan fingerprint density at radius 1 is 1.30 bits per heavy atom. The minimum atomic E-state index is -1.47. The largest absolute Gasteiger partial charge is 0.389 e. The van der Waals surface area contributed by atoms with Crippen molar-refractivity contribution in [2.45, 2.75) is 43.2 Å². The quantitative estimate of drug-likeness (QED) is 0.526. The minimum absolute atomic E-state index is 0.0224. The Bertz CT molecular complexity index is 873. The summed E-state index contributed by atoms with van der Waals surface area (Å²) in [6.07, 6.45) is -1.000. The first-order chi connectivity index (χ1) is 14.2. The van der Waals surface area contributed by atoms with Crippen LogP contribution in [0.2, 0.25) is 0 Å². The number of hydrogen-bond acceptors (Lipinski definition) is 5. The van der Waals surface area contributed by atoms with Crippen molar-refractivity contribution in [2.75, 3.05) is 20.3 Å². The molecule has 1 saturated heterocycles. The van der Waals surface area contributed by atoms with Gasteiger partial charge in [-0.3, -0.25) is 0 Å². The number of benzene rings is 2. The van der Waals surface area contributed by atoms with Gasteiger partial charge in [-0.15, -0.1) is 0 Å². The average molecular weight is 485 g/mol. The molecule has 0 radical (unpaired) electrons. The first kappa shape index (κ1) is 23.2. The van der Waals surface area contributed by atoms with Crippen molar-refractivity contribution in [2.24, 2.45) is 5.73 Å². The lowest BCUT2D eigenvalue weighted by atomic mass is 9.65. The van der Waals surface area contributed by atoms with Gasteiger partial charge in [0, 0.05) is 11.6 Å². The molecule has 0 spiro atoms. The van der Waals surface area contributed by atoms with E-state index in [9.17, 15) is 13.9 Å². The van der Waals surface area contributed by atoms with E-state index in [0.29, 0.717) is 13.0 Å². The van der Waals surface area contributed by atoms with Gasteiger partial charge < -0.3 is 25.6 Å². The summed E-state index contributed by atoms with van der Waals surface area (Å²) in [5, 5.41) is 14.3. The topological polar surface area (TPSA) is 76.7 Å². The van der Waals surface area contributed by atoms with Crippen LogP contribution >= 0.6 is 15.9 Å². The lowest BCUT2D eigenvalue weighted by Crippen LogP contribution is -2.76. The average Bonchev–Trinajstić information content (AvgIpc) is 2.73. The minimum Gasteiger partial charge on any atom is -0.389 e. The summed E-state index contributed by atoms with van der Waals surface area (Å²) < 4.78 is 40.3. The van der Waals surface area contributed by atoms with Crippen LogP contribution in [0, 0.1) is 11.6 Å². The van der Waals surface area contributed by atoms with E-state index >= 15 is 0 Å². The number of nitrogens with one attached hydrogen (secondary N) is 1. The van der Waals surface area contributed by atoms with Gasteiger partial charge in [0.1, 0.15) is 11.6 Å². The maximum absolute atomic E-state index is 14.8. The first-order valence-electron chi connectivity index (χ1n) is 9.77. The molecule has 8 heteroatoms. The number of rotatable bonds is 7. The lowest BCUT2D eigenvalue weighted by Gasteiger charge is -2.55. The SMILES string of the molecule is CNC1(C(O)COCc2ccccc2)CC(C)OCC1(N)c1cc(Br)c(F)cc1F. The Balaban J connectivity index is 1.92. The summed E-state index contributed by atoms with van der Waals surface area (Å²) in [4.78, 5) is 0. The summed E-state index contributed by atoms with van der Waals surface area (Å²) >= 11 is 3.10.